The van der Waals surface area contributed by atoms with Crippen LogP contribution in [0.5, 0.6) is 5.75 Å². The smallest absolute Gasteiger partial charge is 0.497 e. The number of amides is 2. The molecule has 2 amide bonds. The van der Waals surface area contributed by atoms with Crippen LogP contribution in [0.4, 0.5) is 0 Å². The van der Waals surface area contributed by atoms with E-state index in [4.69, 9.17) is 13.8 Å². The van der Waals surface area contributed by atoms with Crippen molar-refractivity contribution in [2.45, 2.75) is 33.0 Å². The number of furan rings is 1. The molecule has 2 aromatic carbocycles. The van der Waals surface area contributed by atoms with Gasteiger partial charge in [-0.25, -0.2) is 0 Å². The fourth-order valence-corrected chi connectivity index (χ4v) is 3.73. The van der Waals surface area contributed by atoms with Gasteiger partial charge in [0.25, 0.3) is 0 Å². The van der Waals surface area contributed by atoms with Crippen molar-refractivity contribution in [3.8, 4) is 5.75 Å². The third kappa shape index (κ3) is 6.60. The van der Waals surface area contributed by atoms with Gasteiger partial charge in [0, 0.05) is 23.9 Å². The van der Waals surface area contributed by atoms with Gasteiger partial charge in [-0.3, -0.25) is 9.59 Å². The highest BCUT2D eigenvalue weighted by Gasteiger charge is 2.32. The molecule has 0 bridgehead atoms. The molecule has 0 fully saturated rings. The van der Waals surface area contributed by atoms with Crippen LogP contribution >= 0.6 is 0 Å². The van der Waals surface area contributed by atoms with Crippen LogP contribution in [0.15, 0.2) is 59.2 Å². The van der Waals surface area contributed by atoms with Crippen LogP contribution in [0.25, 0.3) is 11.0 Å². The summed E-state index contributed by atoms with van der Waals surface area (Å²) >= 11 is 0. The number of hydrogen-bond acceptors (Lipinski definition) is 7. The van der Waals surface area contributed by atoms with E-state index >= 15 is 0 Å². The van der Waals surface area contributed by atoms with Gasteiger partial charge in [-0.05, 0) is 29.7 Å². The Morgan fingerprint density at radius 2 is 1.85 bits per heavy atom. The molecule has 180 valence electrons. The number of hydrogen-bond donors (Lipinski definition) is 4. The number of fused-ring (bicyclic) bond motifs is 1. The Bertz CT molecular complexity index is 1120. The fraction of sp³-hybridized carbons (Fsp3) is 0.333. The minimum absolute atomic E-state index is 0.108. The third-order valence-electron chi connectivity index (χ3n) is 5.39. The Morgan fingerprint density at radius 1 is 1.09 bits per heavy atom. The maximum absolute atomic E-state index is 13.1. The van der Waals surface area contributed by atoms with E-state index in [1.165, 1.54) is 6.26 Å². The first kappa shape index (κ1) is 25.3. The van der Waals surface area contributed by atoms with Gasteiger partial charge in [0.1, 0.15) is 23.5 Å². The average molecular weight is 468 g/mol. The Labute approximate surface area is 198 Å². The molecule has 0 saturated heterocycles. The maximum Gasteiger partial charge on any atom is 0.635 e. The molecule has 1 unspecified atom stereocenters. The highest BCUT2D eigenvalue weighted by atomic mass is 16.6. The van der Waals surface area contributed by atoms with Gasteiger partial charge < -0.3 is 34.5 Å². The molecule has 3 rings (SSSR count). The van der Waals surface area contributed by atoms with Crippen molar-refractivity contribution >= 4 is 30.1 Å². The van der Waals surface area contributed by atoms with E-state index < -0.39 is 31.3 Å². The molecule has 3 aromatic rings. The van der Waals surface area contributed by atoms with Crippen LogP contribution in [0.2, 0.25) is 0 Å². The van der Waals surface area contributed by atoms with Crippen LogP contribution in [0.3, 0.4) is 0 Å². The van der Waals surface area contributed by atoms with Gasteiger partial charge in [0.2, 0.25) is 11.8 Å². The monoisotopic (exact) mass is 468 g/mol. The van der Waals surface area contributed by atoms with Crippen molar-refractivity contribution in [2.24, 2.45) is 11.8 Å². The van der Waals surface area contributed by atoms with Crippen molar-refractivity contribution in [3.05, 3.63) is 65.9 Å². The van der Waals surface area contributed by atoms with E-state index in [1.54, 1.807) is 39.2 Å². The minimum atomic E-state index is -2.11. The summed E-state index contributed by atoms with van der Waals surface area (Å²) in [5, 5.41) is 24.9. The highest BCUT2D eigenvalue weighted by Crippen LogP contribution is 2.22. The van der Waals surface area contributed by atoms with Crippen LogP contribution in [0, 0.1) is 11.8 Å². The van der Waals surface area contributed by atoms with Crippen molar-refractivity contribution < 1.29 is 33.4 Å². The van der Waals surface area contributed by atoms with Gasteiger partial charge in [0.05, 0.1) is 13.4 Å². The van der Waals surface area contributed by atoms with E-state index in [0.29, 0.717) is 16.9 Å². The topological polar surface area (TPSA) is 130 Å². The van der Waals surface area contributed by atoms with Gasteiger partial charge in [-0.15, -0.1) is 0 Å². The summed E-state index contributed by atoms with van der Waals surface area (Å²) in [6.45, 7) is 3.74. The second-order valence-electron chi connectivity index (χ2n) is 8.21. The number of carbonyl (C=O) groups excluding carboxylic acids is 2. The van der Waals surface area contributed by atoms with E-state index in [0.717, 1.165) is 10.9 Å². The molecule has 0 aliphatic rings. The number of ether oxygens (including phenoxy) is 1. The lowest BCUT2D eigenvalue weighted by atomic mass is 9.93. The van der Waals surface area contributed by atoms with Crippen LogP contribution < -0.4 is 15.4 Å². The van der Waals surface area contributed by atoms with Crippen molar-refractivity contribution in [1.29, 1.82) is 0 Å². The van der Waals surface area contributed by atoms with E-state index in [9.17, 15) is 19.6 Å². The lowest BCUT2D eigenvalue weighted by molar-refractivity contribution is -0.138. The normalized spacial score (nSPS) is 12.9. The third-order valence-corrected chi connectivity index (χ3v) is 5.39. The molecule has 0 saturated carbocycles. The highest BCUT2D eigenvalue weighted by molar-refractivity contribution is 6.32. The number of rotatable bonds is 11. The molecule has 34 heavy (non-hydrogen) atoms. The molecule has 2 atom stereocenters. The molecule has 9 nitrogen and oxygen atoms in total. The Morgan fingerprint density at radius 3 is 2.56 bits per heavy atom. The summed E-state index contributed by atoms with van der Waals surface area (Å²) in [5.41, 5.74) is 2.20. The number of para-hydroxylation sites is 1. The van der Waals surface area contributed by atoms with Crippen molar-refractivity contribution in [1.82, 2.24) is 10.6 Å². The fourth-order valence-electron chi connectivity index (χ4n) is 3.73. The Hall–Kier alpha value is -3.34. The lowest BCUT2D eigenvalue weighted by Crippen LogP contribution is -2.49. The van der Waals surface area contributed by atoms with E-state index in [2.05, 4.69) is 10.6 Å². The molecular weight excluding hydrogens is 439 g/mol. The second kappa shape index (κ2) is 11.7. The first-order valence-corrected chi connectivity index (χ1v) is 11.0. The van der Waals surface area contributed by atoms with Gasteiger partial charge in [-0.1, -0.05) is 44.2 Å². The predicted octanol–water partition coefficient (Wildman–Crippen LogP) is 2.00. The number of methoxy groups -OCH3 is 1. The van der Waals surface area contributed by atoms with Gasteiger partial charge >= 0.3 is 7.32 Å². The summed E-state index contributed by atoms with van der Waals surface area (Å²) in [5.74, 6) is -1.71. The van der Waals surface area contributed by atoms with Crippen LogP contribution in [0.1, 0.15) is 25.0 Å². The SMILES string of the molecule is COc1cccc(CNC(=O)C(C(=O)N[C@@H](Cc2coc3ccccc23)OB(O)O)C(C)C)c1. The number of benzene rings is 2. The standard InChI is InChI=1S/C24H29BN2O7/c1-15(2)22(23(28)26-13-16-7-6-8-18(11-16)32-3)24(29)27-21(34-25(30)31)12-17-14-33-20-10-5-4-9-19(17)20/h4-11,14-15,21-22,30-31H,12-13H2,1-3H3,(H,26,28)(H,27,29)/t21-,22?/m1/s1. The van der Waals surface area contributed by atoms with Gasteiger partial charge in [-0.2, -0.15) is 0 Å². The first-order chi connectivity index (χ1) is 16.3. The molecular formula is C24H29BN2O7. The quantitative estimate of drug-likeness (QED) is 0.192. The maximum atomic E-state index is 13.1. The van der Waals surface area contributed by atoms with Crippen molar-refractivity contribution in [3.63, 3.8) is 0 Å². The Balaban J connectivity index is 1.69. The minimum Gasteiger partial charge on any atom is -0.497 e. The zero-order chi connectivity index (χ0) is 24.7. The molecule has 0 aliphatic carbocycles. The molecule has 1 aromatic heterocycles. The number of nitrogens with one attached hydrogen (secondary N) is 2. The lowest BCUT2D eigenvalue weighted by Gasteiger charge is -2.24. The molecule has 1 heterocycles. The molecule has 0 spiro atoms. The predicted molar refractivity (Wildman–Crippen MR) is 126 cm³/mol. The summed E-state index contributed by atoms with van der Waals surface area (Å²) in [4.78, 5) is 26.0. The van der Waals surface area contributed by atoms with Crippen LogP contribution in [-0.2, 0) is 27.2 Å². The second-order valence-corrected chi connectivity index (χ2v) is 8.21. The molecule has 4 N–H and O–H groups in total. The Kier molecular flexibility index (Phi) is 8.69. The van der Waals surface area contributed by atoms with E-state index in [-0.39, 0.29) is 18.9 Å². The first-order valence-electron chi connectivity index (χ1n) is 11.0. The largest absolute Gasteiger partial charge is 0.635 e. The summed E-state index contributed by atoms with van der Waals surface area (Å²) in [6.07, 6.45) is 0.537. The zero-order valence-corrected chi connectivity index (χ0v) is 19.4. The van der Waals surface area contributed by atoms with Crippen LogP contribution in [-0.4, -0.2) is 42.5 Å². The molecule has 0 aliphatic heterocycles. The molecule has 0 radical (unpaired) electrons. The van der Waals surface area contributed by atoms with E-state index in [1.807, 2.05) is 30.3 Å². The zero-order valence-electron chi connectivity index (χ0n) is 19.4. The molecule has 10 heteroatoms. The number of carbonyl (C=O) groups is 2. The van der Waals surface area contributed by atoms with Gasteiger partial charge in [0.15, 0.2) is 0 Å². The van der Waals surface area contributed by atoms with Crippen molar-refractivity contribution in [2.75, 3.05) is 7.11 Å². The average Bonchev–Trinajstić information content (AvgIpc) is 3.20. The summed E-state index contributed by atoms with van der Waals surface area (Å²) in [7, 11) is -0.548. The summed E-state index contributed by atoms with van der Waals surface area (Å²) < 4.78 is 15.8. The summed E-state index contributed by atoms with van der Waals surface area (Å²) in [6, 6.07) is 14.6.